The summed E-state index contributed by atoms with van der Waals surface area (Å²) in [6, 6.07) is 9.25. The molecule has 0 aliphatic carbocycles. The SMILES string of the molecule is CCCCCCCCCCCCCCOB(O)Oc1ccccc1. The molecule has 1 aromatic rings. The van der Waals surface area contributed by atoms with Crippen LogP contribution in [0.3, 0.4) is 0 Å². The highest BCUT2D eigenvalue weighted by molar-refractivity contribution is 6.35. The number of benzene rings is 1. The summed E-state index contributed by atoms with van der Waals surface area (Å²) in [6.07, 6.45) is 15.8. The summed E-state index contributed by atoms with van der Waals surface area (Å²) in [7, 11) is -1.17. The first-order valence-corrected chi connectivity index (χ1v) is 9.84. The number of para-hydroxylation sites is 1. The predicted octanol–water partition coefficient (Wildman–Crippen LogP) is 5.76. The Morgan fingerprint density at radius 2 is 1.25 bits per heavy atom. The van der Waals surface area contributed by atoms with E-state index < -0.39 is 7.32 Å². The maximum atomic E-state index is 9.64. The first kappa shape index (κ1) is 21.0. The Balaban J connectivity index is 1.80. The van der Waals surface area contributed by atoms with Crippen molar-refractivity contribution in [2.24, 2.45) is 0 Å². The third-order valence-electron chi connectivity index (χ3n) is 4.24. The molecule has 0 spiro atoms. The van der Waals surface area contributed by atoms with Gasteiger partial charge in [-0.15, -0.1) is 0 Å². The summed E-state index contributed by atoms with van der Waals surface area (Å²) in [5, 5.41) is 9.64. The molecule has 0 atom stereocenters. The Morgan fingerprint density at radius 1 is 0.750 bits per heavy atom. The van der Waals surface area contributed by atoms with Gasteiger partial charge in [0.1, 0.15) is 5.75 Å². The van der Waals surface area contributed by atoms with Crippen molar-refractivity contribution in [3.05, 3.63) is 30.3 Å². The van der Waals surface area contributed by atoms with Gasteiger partial charge in [0.05, 0.1) is 0 Å². The van der Waals surface area contributed by atoms with Crippen molar-refractivity contribution in [3.8, 4) is 5.75 Å². The van der Waals surface area contributed by atoms with Crippen LogP contribution in [-0.2, 0) is 4.65 Å². The molecule has 1 aromatic carbocycles. The van der Waals surface area contributed by atoms with Crippen LogP contribution in [0.15, 0.2) is 30.3 Å². The molecule has 24 heavy (non-hydrogen) atoms. The van der Waals surface area contributed by atoms with Gasteiger partial charge >= 0.3 is 7.32 Å². The summed E-state index contributed by atoms with van der Waals surface area (Å²) in [4.78, 5) is 0. The maximum Gasteiger partial charge on any atom is 0.710 e. The first-order chi connectivity index (χ1) is 11.8. The van der Waals surface area contributed by atoms with E-state index >= 15 is 0 Å². The Kier molecular flexibility index (Phi) is 13.6. The average molecular weight is 334 g/mol. The third-order valence-corrected chi connectivity index (χ3v) is 4.24. The summed E-state index contributed by atoms with van der Waals surface area (Å²) >= 11 is 0. The van der Waals surface area contributed by atoms with Gasteiger partial charge in [0.25, 0.3) is 0 Å². The monoisotopic (exact) mass is 334 g/mol. The normalized spacial score (nSPS) is 10.8. The topological polar surface area (TPSA) is 38.7 Å². The van der Waals surface area contributed by atoms with Crippen molar-refractivity contribution >= 4 is 7.32 Å². The van der Waals surface area contributed by atoms with Crippen LogP contribution < -0.4 is 4.65 Å². The van der Waals surface area contributed by atoms with Crippen LogP contribution in [0, 0.1) is 0 Å². The molecule has 0 amide bonds. The van der Waals surface area contributed by atoms with Gasteiger partial charge in [-0.3, -0.25) is 0 Å². The van der Waals surface area contributed by atoms with Crippen molar-refractivity contribution in [3.63, 3.8) is 0 Å². The standard InChI is InChI=1S/C20H35BO3/c1-2-3-4-5-6-7-8-9-10-11-12-16-19-23-21(22)24-20-17-14-13-15-18-20/h13-15,17-18,22H,2-12,16,19H2,1H3. The first-order valence-electron chi connectivity index (χ1n) is 9.84. The van der Waals surface area contributed by atoms with Crippen LogP contribution in [0.25, 0.3) is 0 Å². The summed E-state index contributed by atoms with van der Waals surface area (Å²) in [6.45, 7) is 2.81. The van der Waals surface area contributed by atoms with Gasteiger partial charge in [-0.1, -0.05) is 95.8 Å². The largest absolute Gasteiger partial charge is 0.710 e. The van der Waals surface area contributed by atoms with Gasteiger partial charge < -0.3 is 14.3 Å². The molecule has 136 valence electrons. The number of rotatable bonds is 16. The molecule has 0 aliphatic rings. The molecule has 1 N–H and O–H groups in total. The van der Waals surface area contributed by atoms with Crippen molar-refractivity contribution in [1.29, 1.82) is 0 Å². The molecule has 1 rings (SSSR count). The highest BCUT2D eigenvalue weighted by atomic mass is 16.7. The summed E-state index contributed by atoms with van der Waals surface area (Å²) in [5.74, 6) is 0.625. The molecule has 0 bridgehead atoms. The van der Waals surface area contributed by atoms with E-state index in [-0.39, 0.29) is 0 Å². The van der Waals surface area contributed by atoms with E-state index in [2.05, 4.69) is 6.92 Å². The molecule has 0 fully saturated rings. The van der Waals surface area contributed by atoms with E-state index in [1.807, 2.05) is 18.2 Å². The Bertz CT molecular complexity index is 372. The number of hydrogen-bond acceptors (Lipinski definition) is 3. The van der Waals surface area contributed by atoms with Crippen molar-refractivity contribution in [1.82, 2.24) is 0 Å². The Hall–Kier alpha value is -0.995. The molecule has 4 heteroatoms. The lowest BCUT2D eigenvalue weighted by molar-refractivity contribution is 0.189. The summed E-state index contributed by atoms with van der Waals surface area (Å²) in [5.41, 5.74) is 0. The Labute approximate surface area is 148 Å². The van der Waals surface area contributed by atoms with Gasteiger partial charge in [0, 0.05) is 6.61 Å². The molecule has 0 aliphatic heterocycles. The number of hydrogen-bond donors (Lipinski definition) is 1. The lowest BCUT2D eigenvalue weighted by atomic mass is 10.1. The van der Waals surface area contributed by atoms with Crippen molar-refractivity contribution in [2.75, 3.05) is 6.61 Å². The maximum absolute atomic E-state index is 9.64. The second kappa shape index (κ2) is 15.5. The van der Waals surface area contributed by atoms with Crippen LogP contribution >= 0.6 is 0 Å². The fraction of sp³-hybridized carbons (Fsp3) is 0.700. The zero-order valence-corrected chi connectivity index (χ0v) is 15.4. The van der Waals surface area contributed by atoms with E-state index in [9.17, 15) is 5.02 Å². The highest BCUT2D eigenvalue weighted by Gasteiger charge is 2.17. The van der Waals surface area contributed by atoms with Gasteiger partial charge in [0.15, 0.2) is 0 Å². The van der Waals surface area contributed by atoms with Crippen LogP contribution in [-0.4, -0.2) is 19.0 Å². The van der Waals surface area contributed by atoms with Crippen LogP contribution in [0.2, 0.25) is 0 Å². The zero-order chi connectivity index (χ0) is 17.3. The van der Waals surface area contributed by atoms with E-state index in [1.165, 1.54) is 64.2 Å². The molecule has 0 saturated carbocycles. The minimum atomic E-state index is -1.17. The quantitative estimate of drug-likeness (QED) is 0.308. The lowest BCUT2D eigenvalue weighted by Gasteiger charge is -2.09. The molecule has 0 saturated heterocycles. The average Bonchev–Trinajstić information content (AvgIpc) is 2.60. The minimum absolute atomic E-state index is 0.547. The van der Waals surface area contributed by atoms with Crippen LogP contribution in [0.5, 0.6) is 5.75 Å². The lowest BCUT2D eigenvalue weighted by Crippen LogP contribution is -2.26. The smallest absolute Gasteiger partial charge is 0.512 e. The molecular weight excluding hydrogens is 299 g/mol. The van der Waals surface area contributed by atoms with Crippen molar-refractivity contribution in [2.45, 2.75) is 84.0 Å². The molecule has 0 aromatic heterocycles. The molecular formula is C20H35BO3. The van der Waals surface area contributed by atoms with E-state index in [0.29, 0.717) is 12.4 Å². The third kappa shape index (κ3) is 12.4. The highest BCUT2D eigenvalue weighted by Crippen LogP contribution is 2.12. The minimum Gasteiger partial charge on any atom is -0.512 e. The van der Waals surface area contributed by atoms with Crippen LogP contribution in [0.4, 0.5) is 0 Å². The second-order valence-corrected chi connectivity index (χ2v) is 6.50. The van der Waals surface area contributed by atoms with Crippen molar-refractivity contribution < 1.29 is 14.3 Å². The zero-order valence-electron chi connectivity index (χ0n) is 15.4. The van der Waals surface area contributed by atoms with Gasteiger partial charge in [0.2, 0.25) is 0 Å². The molecule has 0 unspecified atom stereocenters. The van der Waals surface area contributed by atoms with Gasteiger partial charge in [-0.05, 0) is 18.6 Å². The van der Waals surface area contributed by atoms with Gasteiger partial charge in [-0.25, -0.2) is 0 Å². The second-order valence-electron chi connectivity index (χ2n) is 6.50. The molecule has 3 nitrogen and oxygen atoms in total. The van der Waals surface area contributed by atoms with E-state index in [1.54, 1.807) is 12.1 Å². The Morgan fingerprint density at radius 3 is 1.79 bits per heavy atom. The number of unbranched alkanes of at least 4 members (excludes halogenated alkanes) is 11. The molecule has 0 heterocycles. The van der Waals surface area contributed by atoms with E-state index in [0.717, 1.165) is 12.8 Å². The van der Waals surface area contributed by atoms with E-state index in [4.69, 9.17) is 9.31 Å². The molecule has 0 radical (unpaired) electrons. The predicted molar refractivity (Wildman–Crippen MR) is 102 cm³/mol. The fourth-order valence-corrected chi connectivity index (χ4v) is 2.78. The fourth-order valence-electron chi connectivity index (χ4n) is 2.78. The van der Waals surface area contributed by atoms with Gasteiger partial charge in [-0.2, -0.15) is 0 Å². The summed E-state index contributed by atoms with van der Waals surface area (Å²) < 4.78 is 10.5. The van der Waals surface area contributed by atoms with Crippen LogP contribution in [0.1, 0.15) is 84.0 Å².